The molecule has 0 heterocycles. The van der Waals surface area contributed by atoms with Gasteiger partial charge in [-0.05, 0) is 24.9 Å². The lowest BCUT2D eigenvalue weighted by Crippen LogP contribution is -2.42. The van der Waals surface area contributed by atoms with Gasteiger partial charge >= 0.3 is 0 Å². The van der Waals surface area contributed by atoms with Gasteiger partial charge in [0.15, 0.2) is 5.78 Å². The molecule has 0 spiro atoms. The molecule has 0 aliphatic heterocycles. The highest BCUT2D eigenvalue weighted by Crippen LogP contribution is 2.15. The third-order valence-electron chi connectivity index (χ3n) is 3.30. The van der Waals surface area contributed by atoms with Crippen LogP contribution in [-0.2, 0) is 9.59 Å². The standard InChI is InChI=1S/C13H26NO2P/c1-8(2)9(3)6-12(15)11(5)14-13(16)10(4)7-17/h8-11H,6-7,17H2,1-5H3,(H,14,16)/t9-,10?,11?/m1/s1. The van der Waals surface area contributed by atoms with Crippen molar-refractivity contribution in [1.82, 2.24) is 5.32 Å². The molecule has 0 aromatic rings. The minimum absolute atomic E-state index is 0.0435. The maximum atomic E-state index is 11.9. The van der Waals surface area contributed by atoms with Crippen LogP contribution in [0.2, 0.25) is 0 Å². The summed E-state index contributed by atoms with van der Waals surface area (Å²) in [5.74, 6) is 0.875. The van der Waals surface area contributed by atoms with Crippen LogP contribution in [0.15, 0.2) is 0 Å². The fourth-order valence-corrected chi connectivity index (χ4v) is 1.49. The van der Waals surface area contributed by atoms with Crippen LogP contribution in [0.25, 0.3) is 0 Å². The Labute approximate surface area is 107 Å². The van der Waals surface area contributed by atoms with E-state index in [1.807, 2.05) is 6.92 Å². The second-order valence-electron chi connectivity index (χ2n) is 5.26. The molecule has 4 atom stereocenters. The van der Waals surface area contributed by atoms with Gasteiger partial charge in [0.1, 0.15) is 0 Å². The molecule has 0 radical (unpaired) electrons. The van der Waals surface area contributed by atoms with E-state index >= 15 is 0 Å². The van der Waals surface area contributed by atoms with Crippen molar-refractivity contribution in [3.05, 3.63) is 0 Å². The number of hydrogen-bond donors (Lipinski definition) is 1. The molecule has 4 heteroatoms. The molecule has 0 fully saturated rings. The van der Waals surface area contributed by atoms with Gasteiger partial charge in [0, 0.05) is 12.3 Å². The van der Waals surface area contributed by atoms with E-state index in [-0.39, 0.29) is 23.7 Å². The van der Waals surface area contributed by atoms with Crippen LogP contribution in [0.1, 0.15) is 41.0 Å². The summed E-state index contributed by atoms with van der Waals surface area (Å²) in [5, 5.41) is 2.77. The number of amides is 1. The number of hydrogen-bond acceptors (Lipinski definition) is 2. The predicted molar refractivity (Wildman–Crippen MR) is 75.0 cm³/mol. The minimum atomic E-state index is -0.373. The first kappa shape index (κ1) is 16.6. The Kier molecular flexibility index (Phi) is 7.61. The molecule has 0 aliphatic rings. The molecule has 3 unspecified atom stereocenters. The highest BCUT2D eigenvalue weighted by molar-refractivity contribution is 7.16. The van der Waals surface area contributed by atoms with E-state index in [0.29, 0.717) is 18.3 Å². The van der Waals surface area contributed by atoms with E-state index in [9.17, 15) is 9.59 Å². The summed E-state index contributed by atoms with van der Waals surface area (Å²) in [6.07, 6.45) is 1.25. The van der Waals surface area contributed by atoms with Gasteiger partial charge in [-0.15, -0.1) is 9.24 Å². The first-order chi connectivity index (χ1) is 7.79. The van der Waals surface area contributed by atoms with E-state index in [4.69, 9.17) is 0 Å². The SMILES string of the molecule is CC(CP)C(=O)NC(C)C(=O)C[C@@H](C)C(C)C. The third-order valence-corrected chi connectivity index (χ3v) is 4.01. The van der Waals surface area contributed by atoms with E-state index in [1.165, 1.54) is 0 Å². The van der Waals surface area contributed by atoms with Crippen molar-refractivity contribution in [3.63, 3.8) is 0 Å². The quantitative estimate of drug-likeness (QED) is 0.713. The van der Waals surface area contributed by atoms with Crippen LogP contribution < -0.4 is 5.32 Å². The zero-order valence-corrected chi connectivity index (χ0v) is 12.8. The van der Waals surface area contributed by atoms with Crippen LogP contribution in [-0.4, -0.2) is 23.9 Å². The summed E-state index contributed by atoms with van der Waals surface area (Å²) in [6.45, 7) is 9.91. The van der Waals surface area contributed by atoms with Crippen LogP contribution >= 0.6 is 9.24 Å². The second-order valence-corrected chi connectivity index (χ2v) is 5.73. The lowest BCUT2D eigenvalue weighted by molar-refractivity contribution is -0.129. The second kappa shape index (κ2) is 7.81. The largest absolute Gasteiger partial charge is 0.346 e. The van der Waals surface area contributed by atoms with Crippen LogP contribution in [0.3, 0.4) is 0 Å². The van der Waals surface area contributed by atoms with Crippen molar-refractivity contribution < 1.29 is 9.59 Å². The molecule has 1 N–H and O–H groups in total. The fourth-order valence-electron chi connectivity index (χ4n) is 1.27. The smallest absolute Gasteiger partial charge is 0.223 e. The van der Waals surface area contributed by atoms with Crippen molar-refractivity contribution in [2.75, 3.05) is 6.16 Å². The van der Waals surface area contributed by atoms with Gasteiger partial charge < -0.3 is 5.32 Å². The van der Waals surface area contributed by atoms with Crippen LogP contribution in [0.5, 0.6) is 0 Å². The predicted octanol–water partition coefficient (Wildman–Crippen LogP) is 2.25. The Hall–Kier alpha value is -0.430. The monoisotopic (exact) mass is 259 g/mol. The molecule has 100 valence electrons. The fraction of sp³-hybridized carbons (Fsp3) is 0.846. The van der Waals surface area contributed by atoms with Crippen molar-refractivity contribution >= 4 is 20.9 Å². The first-order valence-electron chi connectivity index (χ1n) is 6.32. The molecule has 0 aromatic carbocycles. The minimum Gasteiger partial charge on any atom is -0.346 e. The summed E-state index contributed by atoms with van der Waals surface area (Å²) in [4.78, 5) is 23.5. The molecule has 0 saturated heterocycles. The summed E-state index contributed by atoms with van der Waals surface area (Å²) in [6, 6.07) is -0.373. The van der Waals surface area contributed by atoms with E-state index < -0.39 is 0 Å². The van der Waals surface area contributed by atoms with Gasteiger partial charge in [0.2, 0.25) is 5.91 Å². The van der Waals surface area contributed by atoms with Gasteiger partial charge in [0.25, 0.3) is 0 Å². The molecule has 0 bridgehead atoms. The van der Waals surface area contributed by atoms with Crippen molar-refractivity contribution in [2.45, 2.75) is 47.1 Å². The molecule has 0 rings (SSSR count). The number of Topliss-reactive ketones (excluding diaryl/α,β-unsaturated/α-hetero) is 1. The number of ketones is 1. The van der Waals surface area contributed by atoms with Gasteiger partial charge in [-0.1, -0.05) is 27.7 Å². The molecule has 3 nitrogen and oxygen atoms in total. The molecule has 0 aliphatic carbocycles. The van der Waals surface area contributed by atoms with Crippen molar-refractivity contribution in [1.29, 1.82) is 0 Å². The third kappa shape index (κ3) is 6.16. The van der Waals surface area contributed by atoms with Crippen molar-refractivity contribution in [2.24, 2.45) is 17.8 Å². The zero-order chi connectivity index (χ0) is 13.6. The van der Waals surface area contributed by atoms with Gasteiger partial charge in [-0.25, -0.2) is 0 Å². The lowest BCUT2D eigenvalue weighted by atomic mass is 9.91. The molecule has 0 aromatic heterocycles. The Morgan fingerprint density at radius 3 is 2.06 bits per heavy atom. The van der Waals surface area contributed by atoms with Crippen LogP contribution in [0.4, 0.5) is 0 Å². The summed E-state index contributed by atoms with van der Waals surface area (Å²) < 4.78 is 0. The topological polar surface area (TPSA) is 46.2 Å². The summed E-state index contributed by atoms with van der Waals surface area (Å²) in [5.41, 5.74) is 0. The molecular weight excluding hydrogens is 233 g/mol. The first-order valence-corrected chi connectivity index (χ1v) is 7.14. The van der Waals surface area contributed by atoms with Crippen LogP contribution in [0, 0.1) is 17.8 Å². The maximum Gasteiger partial charge on any atom is 0.223 e. The van der Waals surface area contributed by atoms with Gasteiger partial charge in [-0.2, -0.15) is 0 Å². The van der Waals surface area contributed by atoms with Crippen molar-refractivity contribution in [3.8, 4) is 0 Å². The number of nitrogens with one attached hydrogen (secondary N) is 1. The molecule has 17 heavy (non-hydrogen) atoms. The average Bonchev–Trinajstić information content (AvgIpc) is 2.27. The van der Waals surface area contributed by atoms with E-state index in [0.717, 1.165) is 6.16 Å². The van der Waals surface area contributed by atoms with E-state index in [1.54, 1.807) is 6.92 Å². The Bertz CT molecular complexity index is 266. The number of carbonyl (C=O) groups excluding carboxylic acids is 2. The molecular formula is C13H26NO2P. The summed E-state index contributed by atoms with van der Waals surface area (Å²) >= 11 is 0. The number of rotatable bonds is 7. The zero-order valence-electron chi connectivity index (χ0n) is 11.6. The summed E-state index contributed by atoms with van der Waals surface area (Å²) in [7, 11) is 2.54. The Morgan fingerprint density at radius 2 is 1.65 bits per heavy atom. The highest BCUT2D eigenvalue weighted by atomic mass is 31.0. The van der Waals surface area contributed by atoms with Gasteiger partial charge in [-0.3, -0.25) is 9.59 Å². The highest BCUT2D eigenvalue weighted by Gasteiger charge is 2.21. The van der Waals surface area contributed by atoms with Gasteiger partial charge in [0.05, 0.1) is 6.04 Å². The Morgan fingerprint density at radius 1 is 1.12 bits per heavy atom. The Balaban J connectivity index is 4.19. The molecule has 0 saturated carbocycles. The lowest BCUT2D eigenvalue weighted by Gasteiger charge is -2.19. The normalized spacial score (nSPS) is 16.4. The maximum absolute atomic E-state index is 11.9. The number of carbonyl (C=O) groups is 2. The van der Waals surface area contributed by atoms with E-state index in [2.05, 4.69) is 35.3 Å². The average molecular weight is 259 g/mol. The molecule has 1 amide bonds.